The third-order valence-corrected chi connectivity index (χ3v) is 4.04. The average molecular weight is 312 g/mol. The number of nitrogens with zero attached hydrogens (tertiary/aromatic N) is 2. The van der Waals surface area contributed by atoms with Gasteiger partial charge in [-0.15, -0.1) is 0 Å². The highest BCUT2D eigenvalue weighted by atomic mass is 35.5. The zero-order valence-electron chi connectivity index (χ0n) is 12.3. The minimum atomic E-state index is -0.191. The summed E-state index contributed by atoms with van der Waals surface area (Å²) in [7, 11) is 1.59. The summed E-state index contributed by atoms with van der Waals surface area (Å²) in [6.07, 6.45) is 0.160. The number of amides is 1. The van der Waals surface area contributed by atoms with Gasteiger partial charge in [-0.1, -0.05) is 17.7 Å². The summed E-state index contributed by atoms with van der Waals surface area (Å²) in [6.45, 7) is 3.42. The van der Waals surface area contributed by atoms with Crippen LogP contribution < -0.4 is 10.6 Å². The molecule has 1 aromatic carbocycles. The molecule has 116 valence electrons. The first-order chi connectivity index (χ1) is 10.1. The Labute approximate surface area is 130 Å². The van der Waals surface area contributed by atoms with Crippen molar-refractivity contribution < 1.29 is 9.53 Å². The maximum atomic E-state index is 12.2. The van der Waals surface area contributed by atoms with E-state index in [4.69, 9.17) is 22.1 Å². The first kappa shape index (κ1) is 16.1. The van der Waals surface area contributed by atoms with Crippen LogP contribution in [0.4, 0.5) is 5.69 Å². The molecule has 1 fully saturated rings. The number of piperazine rings is 1. The second-order valence-corrected chi connectivity index (χ2v) is 5.58. The van der Waals surface area contributed by atoms with Gasteiger partial charge in [-0.05, 0) is 18.2 Å². The number of carbonyl (C=O) groups is 1. The smallest absolute Gasteiger partial charge is 0.225 e. The van der Waals surface area contributed by atoms with Crippen LogP contribution in [0.5, 0.6) is 0 Å². The Balaban J connectivity index is 1.87. The Morgan fingerprint density at radius 1 is 1.38 bits per heavy atom. The molecule has 1 saturated heterocycles. The molecule has 1 aliphatic rings. The van der Waals surface area contributed by atoms with E-state index < -0.39 is 0 Å². The number of halogens is 1. The molecule has 0 bridgehead atoms. The van der Waals surface area contributed by atoms with Crippen molar-refractivity contribution in [3.8, 4) is 0 Å². The molecule has 1 heterocycles. The number of rotatable bonds is 5. The Morgan fingerprint density at radius 2 is 2.10 bits per heavy atom. The van der Waals surface area contributed by atoms with E-state index in [1.165, 1.54) is 0 Å². The van der Waals surface area contributed by atoms with Crippen LogP contribution in [0.25, 0.3) is 0 Å². The summed E-state index contributed by atoms with van der Waals surface area (Å²) in [5, 5.41) is 0.733. The van der Waals surface area contributed by atoms with E-state index in [-0.39, 0.29) is 12.0 Å². The zero-order valence-corrected chi connectivity index (χ0v) is 13.1. The number of nitrogens with two attached hydrogens (primary N) is 1. The van der Waals surface area contributed by atoms with E-state index in [0.29, 0.717) is 26.1 Å². The van der Waals surface area contributed by atoms with Crippen molar-refractivity contribution in [1.82, 2.24) is 4.90 Å². The van der Waals surface area contributed by atoms with Crippen LogP contribution in [0.2, 0.25) is 5.02 Å². The van der Waals surface area contributed by atoms with Crippen LogP contribution in [-0.2, 0) is 9.53 Å². The van der Waals surface area contributed by atoms with Crippen LogP contribution in [0.3, 0.4) is 0 Å². The highest BCUT2D eigenvalue weighted by Gasteiger charge is 2.23. The number of anilines is 1. The summed E-state index contributed by atoms with van der Waals surface area (Å²) in [4.78, 5) is 16.3. The predicted octanol–water partition coefficient (Wildman–Crippen LogP) is 1.35. The Bertz CT molecular complexity index is 472. The third-order valence-electron chi connectivity index (χ3n) is 3.80. The van der Waals surface area contributed by atoms with Crippen molar-refractivity contribution in [2.45, 2.75) is 12.5 Å². The number of ether oxygens (including phenoxy) is 1. The second kappa shape index (κ2) is 7.64. The predicted molar refractivity (Wildman–Crippen MR) is 84.7 cm³/mol. The minimum absolute atomic E-state index is 0.109. The molecule has 2 N–H and O–H groups in total. The number of hydrogen-bond donors (Lipinski definition) is 1. The molecule has 1 amide bonds. The van der Waals surface area contributed by atoms with Crippen molar-refractivity contribution in [3.05, 3.63) is 29.3 Å². The van der Waals surface area contributed by atoms with E-state index >= 15 is 0 Å². The molecule has 2 rings (SSSR count). The van der Waals surface area contributed by atoms with Gasteiger partial charge in [0.2, 0.25) is 5.91 Å². The maximum absolute atomic E-state index is 12.2. The number of hydrogen-bond acceptors (Lipinski definition) is 4. The molecule has 0 aromatic heterocycles. The molecule has 5 nitrogen and oxygen atoms in total. The third kappa shape index (κ3) is 4.33. The van der Waals surface area contributed by atoms with Gasteiger partial charge >= 0.3 is 0 Å². The topological polar surface area (TPSA) is 58.8 Å². The fourth-order valence-electron chi connectivity index (χ4n) is 2.47. The normalized spacial score (nSPS) is 16.9. The molecular formula is C15H22ClN3O2. The standard InChI is InChI=1S/C15H22ClN3O2/c1-21-14(11-17)10-15(20)19-7-5-18(6-8-19)13-4-2-3-12(16)9-13/h2-4,9,14H,5-8,10-11,17H2,1H3. The Hall–Kier alpha value is -1.30. The van der Waals surface area contributed by atoms with Crippen LogP contribution in [0.15, 0.2) is 24.3 Å². The quantitative estimate of drug-likeness (QED) is 0.892. The maximum Gasteiger partial charge on any atom is 0.225 e. The molecule has 21 heavy (non-hydrogen) atoms. The van der Waals surface area contributed by atoms with Gasteiger partial charge in [-0.3, -0.25) is 4.79 Å². The lowest BCUT2D eigenvalue weighted by Crippen LogP contribution is -2.49. The van der Waals surface area contributed by atoms with Crippen LogP contribution >= 0.6 is 11.6 Å². The Morgan fingerprint density at radius 3 is 2.67 bits per heavy atom. The van der Waals surface area contributed by atoms with E-state index in [1.54, 1.807) is 7.11 Å². The lowest BCUT2D eigenvalue weighted by molar-refractivity contribution is -0.133. The summed E-state index contributed by atoms with van der Waals surface area (Å²) >= 11 is 6.02. The summed E-state index contributed by atoms with van der Waals surface area (Å²) in [5.41, 5.74) is 6.66. The van der Waals surface area contributed by atoms with Gasteiger partial charge in [0, 0.05) is 50.5 Å². The fourth-order valence-corrected chi connectivity index (χ4v) is 2.66. The molecule has 0 aliphatic carbocycles. The van der Waals surface area contributed by atoms with Crippen molar-refractivity contribution in [3.63, 3.8) is 0 Å². The lowest BCUT2D eigenvalue weighted by atomic mass is 10.2. The zero-order chi connectivity index (χ0) is 15.2. The van der Waals surface area contributed by atoms with Gasteiger partial charge in [0.05, 0.1) is 12.5 Å². The van der Waals surface area contributed by atoms with E-state index in [0.717, 1.165) is 23.8 Å². The van der Waals surface area contributed by atoms with Crippen molar-refractivity contribution >= 4 is 23.2 Å². The monoisotopic (exact) mass is 311 g/mol. The molecule has 1 unspecified atom stereocenters. The number of methoxy groups -OCH3 is 1. The first-order valence-corrected chi connectivity index (χ1v) is 7.53. The average Bonchev–Trinajstić information content (AvgIpc) is 2.52. The number of carbonyl (C=O) groups excluding carboxylic acids is 1. The van der Waals surface area contributed by atoms with E-state index in [1.807, 2.05) is 29.2 Å². The minimum Gasteiger partial charge on any atom is -0.380 e. The van der Waals surface area contributed by atoms with Gasteiger partial charge in [0.25, 0.3) is 0 Å². The number of benzene rings is 1. The largest absolute Gasteiger partial charge is 0.380 e. The van der Waals surface area contributed by atoms with Crippen LogP contribution in [-0.4, -0.2) is 56.7 Å². The van der Waals surface area contributed by atoms with Crippen LogP contribution in [0.1, 0.15) is 6.42 Å². The molecule has 6 heteroatoms. The highest BCUT2D eigenvalue weighted by molar-refractivity contribution is 6.30. The molecule has 0 spiro atoms. The SMILES string of the molecule is COC(CN)CC(=O)N1CCN(c2cccc(Cl)c2)CC1. The summed E-state index contributed by atoms with van der Waals surface area (Å²) in [6, 6.07) is 7.80. The van der Waals surface area contributed by atoms with Crippen molar-refractivity contribution in [2.24, 2.45) is 5.73 Å². The molecule has 0 saturated carbocycles. The molecule has 0 radical (unpaired) electrons. The van der Waals surface area contributed by atoms with Gasteiger partial charge in [0.1, 0.15) is 0 Å². The molecule has 1 aliphatic heterocycles. The fraction of sp³-hybridized carbons (Fsp3) is 0.533. The van der Waals surface area contributed by atoms with E-state index in [9.17, 15) is 4.79 Å². The van der Waals surface area contributed by atoms with Crippen molar-refractivity contribution in [2.75, 3.05) is 44.7 Å². The molecular weight excluding hydrogens is 290 g/mol. The summed E-state index contributed by atoms with van der Waals surface area (Å²) < 4.78 is 5.17. The first-order valence-electron chi connectivity index (χ1n) is 7.15. The molecule has 1 atom stereocenters. The summed E-state index contributed by atoms with van der Waals surface area (Å²) in [5.74, 6) is 0.109. The lowest BCUT2D eigenvalue weighted by Gasteiger charge is -2.36. The van der Waals surface area contributed by atoms with Gasteiger partial charge in [-0.2, -0.15) is 0 Å². The van der Waals surface area contributed by atoms with Crippen molar-refractivity contribution in [1.29, 1.82) is 0 Å². The highest BCUT2D eigenvalue weighted by Crippen LogP contribution is 2.21. The molecule has 1 aromatic rings. The van der Waals surface area contributed by atoms with Crippen LogP contribution in [0, 0.1) is 0 Å². The second-order valence-electron chi connectivity index (χ2n) is 5.15. The Kier molecular flexibility index (Phi) is 5.85. The van der Waals surface area contributed by atoms with Gasteiger partial charge in [-0.25, -0.2) is 0 Å². The van der Waals surface area contributed by atoms with Gasteiger partial charge in [0.15, 0.2) is 0 Å². The van der Waals surface area contributed by atoms with E-state index in [2.05, 4.69) is 4.90 Å². The van der Waals surface area contributed by atoms with Gasteiger partial charge < -0.3 is 20.3 Å².